The first-order valence-corrected chi connectivity index (χ1v) is 7.34. The van der Waals surface area contributed by atoms with E-state index in [4.69, 9.17) is 4.74 Å². The van der Waals surface area contributed by atoms with Crippen molar-refractivity contribution in [3.8, 4) is 0 Å². The number of methoxy groups -OCH3 is 1. The zero-order chi connectivity index (χ0) is 16.7. The van der Waals surface area contributed by atoms with Crippen LogP contribution in [0.2, 0.25) is 0 Å². The number of rotatable bonds is 5. The lowest BCUT2D eigenvalue weighted by Gasteiger charge is -2.17. The van der Waals surface area contributed by atoms with Gasteiger partial charge in [0.15, 0.2) is 0 Å². The van der Waals surface area contributed by atoms with Gasteiger partial charge in [0, 0.05) is 12.1 Å². The van der Waals surface area contributed by atoms with Gasteiger partial charge in [-0.2, -0.15) is 0 Å². The van der Waals surface area contributed by atoms with Crippen LogP contribution in [0.5, 0.6) is 0 Å². The quantitative estimate of drug-likeness (QED) is 0.834. The largest absolute Gasteiger partial charge is 0.467 e. The van der Waals surface area contributed by atoms with Crippen molar-refractivity contribution in [1.82, 2.24) is 5.32 Å². The molecule has 0 aliphatic carbocycles. The monoisotopic (exact) mass is 312 g/mol. The highest BCUT2D eigenvalue weighted by molar-refractivity contribution is 5.92. The Kier molecular flexibility index (Phi) is 5.74. The molecule has 0 saturated carbocycles. The summed E-state index contributed by atoms with van der Waals surface area (Å²) < 4.78 is 4.77. The summed E-state index contributed by atoms with van der Waals surface area (Å²) in [5.41, 5.74) is 2.65. The number of carbonyl (C=O) groups excluding carboxylic acids is 2. The smallest absolute Gasteiger partial charge is 0.328 e. The standard InChI is InChI=1S/C18H20N2O3/c1-13-7-6-10-15(11-13)19-18(22)20-16(17(21)23-2)12-14-8-4-3-5-9-14/h3-11,16H,12H2,1-2H3,(H2,19,20,22)/t16-/m0/s1. The van der Waals surface area contributed by atoms with Crippen LogP contribution in [0.3, 0.4) is 0 Å². The first-order valence-electron chi connectivity index (χ1n) is 7.34. The van der Waals surface area contributed by atoms with E-state index in [1.165, 1.54) is 7.11 Å². The molecule has 23 heavy (non-hydrogen) atoms. The lowest BCUT2D eigenvalue weighted by Crippen LogP contribution is -2.45. The Morgan fingerprint density at radius 3 is 2.48 bits per heavy atom. The predicted octanol–water partition coefficient (Wildman–Crippen LogP) is 2.90. The van der Waals surface area contributed by atoms with Crippen molar-refractivity contribution < 1.29 is 14.3 Å². The summed E-state index contributed by atoms with van der Waals surface area (Å²) in [7, 11) is 1.31. The van der Waals surface area contributed by atoms with Gasteiger partial charge in [0.25, 0.3) is 0 Å². The predicted molar refractivity (Wildman–Crippen MR) is 89.3 cm³/mol. The molecule has 0 fully saturated rings. The molecule has 5 heteroatoms. The summed E-state index contributed by atoms with van der Waals surface area (Å²) in [4.78, 5) is 24.0. The lowest BCUT2D eigenvalue weighted by atomic mass is 10.1. The van der Waals surface area contributed by atoms with Crippen LogP contribution in [0.15, 0.2) is 54.6 Å². The number of hydrogen-bond donors (Lipinski definition) is 2. The average Bonchev–Trinajstić information content (AvgIpc) is 2.54. The van der Waals surface area contributed by atoms with Gasteiger partial charge in [-0.15, -0.1) is 0 Å². The second-order valence-electron chi connectivity index (χ2n) is 5.23. The minimum Gasteiger partial charge on any atom is -0.467 e. The van der Waals surface area contributed by atoms with Crippen LogP contribution in [0, 0.1) is 6.92 Å². The number of nitrogens with one attached hydrogen (secondary N) is 2. The van der Waals surface area contributed by atoms with E-state index in [1.807, 2.05) is 55.5 Å². The molecule has 0 bridgehead atoms. The summed E-state index contributed by atoms with van der Waals surface area (Å²) in [5.74, 6) is -0.478. The first kappa shape index (κ1) is 16.5. The number of hydrogen-bond acceptors (Lipinski definition) is 3. The molecule has 0 unspecified atom stereocenters. The highest BCUT2D eigenvalue weighted by atomic mass is 16.5. The van der Waals surface area contributed by atoms with E-state index in [0.717, 1.165) is 11.1 Å². The molecule has 2 N–H and O–H groups in total. The van der Waals surface area contributed by atoms with Gasteiger partial charge in [-0.25, -0.2) is 9.59 Å². The average molecular weight is 312 g/mol. The second kappa shape index (κ2) is 7.98. The van der Waals surface area contributed by atoms with E-state index >= 15 is 0 Å². The SMILES string of the molecule is COC(=O)[C@H](Cc1ccccc1)NC(=O)Nc1cccc(C)c1. The Morgan fingerprint density at radius 2 is 1.83 bits per heavy atom. The number of benzene rings is 2. The molecule has 0 radical (unpaired) electrons. The molecule has 1 atom stereocenters. The van der Waals surface area contributed by atoms with Crippen molar-refractivity contribution in [1.29, 1.82) is 0 Å². The Labute approximate surface area is 135 Å². The third-order valence-electron chi connectivity index (χ3n) is 3.35. The maximum atomic E-state index is 12.1. The normalized spacial score (nSPS) is 11.4. The van der Waals surface area contributed by atoms with Crippen molar-refractivity contribution in [3.63, 3.8) is 0 Å². The maximum absolute atomic E-state index is 12.1. The van der Waals surface area contributed by atoms with Gasteiger partial charge in [-0.3, -0.25) is 0 Å². The van der Waals surface area contributed by atoms with Gasteiger partial charge in [-0.05, 0) is 30.2 Å². The number of ether oxygens (including phenoxy) is 1. The molecule has 2 rings (SSSR count). The summed E-state index contributed by atoms with van der Waals surface area (Å²) >= 11 is 0. The van der Waals surface area contributed by atoms with Crippen LogP contribution < -0.4 is 10.6 Å². The Hall–Kier alpha value is -2.82. The molecule has 0 aliphatic heterocycles. The van der Waals surface area contributed by atoms with Crippen LogP contribution in [0.1, 0.15) is 11.1 Å². The van der Waals surface area contributed by atoms with Crippen molar-refractivity contribution in [2.45, 2.75) is 19.4 Å². The molecule has 0 saturated heterocycles. The third kappa shape index (κ3) is 5.14. The van der Waals surface area contributed by atoms with Crippen LogP contribution in [-0.2, 0) is 16.0 Å². The van der Waals surface area contributed by atoms with Crippen molar-refractivity contribution in [2.24, 2.45) is 0 Å². The molecule has 0 aliphatic rings. The summed E-state index contributed by atoms with van der Waals surface area (Å²) in [6, 6.07) is 15.7. The molecule has 2 aromatic rings. The first-order chi connectivity index (χ1) is 11.1. The van der Waals surface area contributed by atoms with E-state index in [2.05, 4.69) is 10.6 Å². The van der Waals surface area contributed by atoms with Crippen molar-refractivity contribution >= 4 is 17.7 Å². The fourth-order valence-corrected chi connectivity index (χ4v) is 2.23. The molecule has 120 valence electrons. The molecule has 5 nitrogen and oxygen atoms in total. The molecular formula is C18H20N2O3. The number of anilines is 1. The number of amides is 2. The second-order valence-corrected chi connectivity index (χ2v) is 5.23. The number of carbonyl (C=O) groups is 2. The van der Waals surface area contributed by atoms with Gasteiger partial charge in [0.2, 0.25) is 0 Å². The van der Waals surface area contributed by atoms with Gasteiger partial charge in [0.05, 0.1) is 7.11 Å². The topological polar surface area (TPSA) is 67.4 Å². The molecule has 2 aromatic carbocycles. The van der Waals surface area contributed by atoms with Crippen molar-refractivity contribution in [2.75, 3.05) is 12.4 Å². The van der Waals surface area contributed by atoms with E-state index in [-0.39, 0.29) is 0 Å². The summed E-state index contributed by atoms with van der Waals surface area (Å²) in [6.45, 7) is 1.94. The van der Waals surface area contributed by atoms with Crippen LogP contribution in [0.25, 0.3) is 0 Å². The number of urea groups is 1. The lowest BCUT2D eigenvalue weighted by molar-refractivity contribution is -0.142. The van der Waals surface area contributed by atoms with Crippen LogP contribution in [0.4, 0.5) is 10.5 Å². The number of esters is 1. The highest BCUT2D eigenvalue weighted by Crippen LogP contribution is 2.10. The summed E-state index contributed by atoms with van der Waals surface area (Å²) in [5, 5.41) is 5.38. The van der Waals surface area contributed by atoms with E-state index in [0.29, 0.717) is 12.1 Å². The van der Waals surface area contributed by atoms with E-state index in [1.54, 1.807) is 6.07 Å². The zero-order valence-electron chi connectivity index (χ0n) is 13.2. The Balaban J connectivity index is 2.02. The van der Waals surface area contributed by atoms with Gasteiger partial charge >= 0.3 is 12.0 Å². The minimum absolute atomic E-state index is 0.370. The molecule has 0 aromatic heterocycles. The maximum Gasteiger partial charge on any atom is 0.328 e. The van der Waals surface area contributed by atoms with Crippen molar-refractivity contribution in [3.05, 3.63) is 65.7 Å². The van der Waals surface area contributed by atoms with Crippen LogP contribution in [-0.4, -0.2) is 25.2 Å². The molecule has 0 heterocycles. The third-order valence-corrected chi connectivity index (χ3v) is 3.35. The van der Waals surface area contributed by atoms with Gasteiger partial charge in [0.1, 0.15) is 6.04 Å². The molecule has 2 amide bonds. The zero-order valence-corrected chi connectivity index (χ0v) is 13.2. The minimum atomic E-state index is -0.743. The van der Waals surface area contributed by atoms with E-state index < -0.39 is 18.0 Å². The van der Waals surface area contributed by atoms with Gasteiger partial charge < -0.3 is 15.4 Å². The van der Waals surface area contributed by atoms with E-state index in [9.17, 15) is 9.59 Å². The highest BCUT2D eigenvalue weighted by Gasteiger charge is 2.21. The Bertz CT molecular complexity index is 671. The summed E-state index contributed by atoms with van der Waals surface area (Å²) in [6.07, 6.45) is 0.370. The molecule has 0 spiro atoms. The van der Waals surface area contributed by atoms with Gasteiger partial charge in [-0.1, -0.05) is 42.5 Å². The number of aryl methyl sites for hydroxylation is 1. The molecular weight excluding hydrogens is 292 g/mol. The fourth-order valence-electron chi connectivity index (χ4n) is 2.23. The Morgan fingerprint density at radius 1 is 1.09 bits per heavy atom. The van der Waals surface area contributed by atoms with Crippen LogP contribution >= 0.6 is 0 Å². The fraction of sp³-hybridized carbons (Fsp3) is 0.222.